The van der Waals surface area contributed by atoms with E-state index in [-0.39, 0.29) is 0 Å². The van der Waals surface area contributed by atoms with Gasteiger partial charge < -0.3 is 0 Å². The first-order chi connectivity index (χ1) is 7.02. The van der Waals surface area contributed by atoms with Crippen LogP contribution in [0, 0.1) is 35.0 Å². The van der Waals surface area contributed by atoms with Gasteiger partial charge in [0.2, 0.25) is 0 Å². The number of ketones is 1. The zero-order chi connectivity index (χ0) is 10.8. The van der Waals surface area contributed by atoms with E-state index in [1.54, 1.807) is 0 Å². The van der Waals surface area contributed by atoms with Gasteiger partial charge in [0.25, 0.3) is 0 Å². The number of carbonyl (C=O) groups is 1. The molecule has 0 aromatic rings. The molecular formula is C14H22O. The molecule has 15 heavy (non-hydrogen) atoms. The number of carbonyl (C=O) groups excluding carboxylic acids is 1. The van der Waals surface area contributed by atoms with Crippen LogP contribution in [0.5, 0.6) is 0 Å². The monoisotopic (exact) mass is 206 g/mol. The van der Waals surface area contributed by atoms with Gasteiger partial charge in [-0.05, 0) is 48.3 Å². The van der Waals surface area contributed by atoms with E-state index in [4.69, 9.17) is 0 Å². The summed E-state index contributed by atoms with van der Waals surface area (Å²) in [4.78, 5) is 12.0. The van der Waals surface area contributed by atoms with Gasteiger partial charge in [0.15, 0.2) is 0 Å². The Bertz CT molecular complexity index is 304. The zero-order valence-corrected chi connectivity index (χ0v) is 10.1. The number of hydrogen-bond donors (Lipinski definition) is 0. The number of rotatable bonds is 0. The molecule has 84 valence electrons. The van der Waals surface area contributed by atoms with Gasteiger partial charge >= 0.3 is 0 Å². The number of fused-ring (bicyclic) bond motifs is 3. The maximum Gasteiger partial charge on any atom is 0.136 e. The highest BCUT2D eigenvalue weighted by molar-refractivity contribution is 5.84. The molecule has 0 unspecified atom stereocenters. The second kappa shape index (κ2) is 2.87. The van der Waals surface area contributed by atoms with E-state index < -0.39 is 0 Å². The van der Waals surface area contributed by atoms with Crippen molar-refractivity contribution < 1.29 is 4.79 Å². The van der Waals surface area contributed by atoms with Gasteiger partial charge in [-0.15, -0.1) is 0 Å². The molecule has 0 aromatic carbocycles. The lowest BCUT2D eigenvalue weighted by Gasteiger charge is -2.30. The lowest BCUT2D eigenvalue weighted by atomic mass is 9.73. The van der Waals surface area contributed by atoms with Crippen molar-refractivity contribution in [1.29, 1.82) is 0 Å². The summed E-state index contributed by atoms with van der Waals surface area (Å²) in [5.41, 5.74) is 0.429. The highest BCUT2D eigenvalue weighted by Gasteiger charge is 2.60. The van der Waals surface area contributed by atoms with Crippen LogP contribution in [-0.2, 0) is 4.79 Å². The van der Waals surface area contributed by atoms with Gasteiger partial charge in [0, 0.05) is 12.3 Å². The average molecular weight is 206 g/mol. The van der Waals surface area contributed by atoms with E-state index in [1.165, 1.54) is 19.3 Å². The maximum atomic E-state index is 12.0. The standard InChI is InChI=1S/C14H22O/c1-8-9-4-5-11(15)12(9)13-10(8)6-7-14(13,2)3/h8-10,12-13H,4-7H2,1-3H3/t8-,9+,10+,12-,13+/m0/s1. The second-order valence-corrected chi connectivity index (χ2v) is 6.77. The molecule has 0 bridgehead atoms. The normalized spacial score (nSPS) is 51.9. The van der Waals surface area contributed by atoms with E-state index in [2.05, 4.69) is 20.8 Å². The van der Waals surface area contributed by atoms with Crippen molar-refractivity contribution >= 4 is 5.78 Å². The van der Waals surface area contributed by atoms with Crippen LogP contribution in [0.1, 0.15) is 46.5 Å². The minimum atomic E-state index is 0.429. The van der Waals surface area contributed by atoms with Crippen LogP contribution in [0.15, 0.2) is 0 Å². The molecular weight excluding hydrogens is 184 g/mol. The summed E-state index contributed by atoms with van der Waals surface area (Å²) in [6.07, 6.45) is 4.77. The van der Waals surface area contributed by atoms with E-state index >= 15 is 0 Å². The van der Waals surface area contributed by atoms with Gasteiger partial charge in [-0.25, -0.2) is 0 Å². The molecule has 3 aliphatic rings. The van der Waals surface area contributed by atoms with Crippen molar-refractivity contribution in [2.45, 2.75) is 46.5 Å². The summed E-state index contributed by atoms with van der Waals surface area (Å²) >= 11 is 0. The van der Waals surface area contributed by atoms with E-state index in [0.29, 0.717) is 23.0 Å². The topological polar surface area (TPSA) is 17.1 Å². The third-order valence-electron chi connectivity index (χ3n) is 5.78. The Labute approximate surface area is 92.6 Å². The minimum Gasteiger partial charge on any atom is -0.299 e. The van der Waals surface area contributed by atoms with Crippen molar-refractivity contribution in [3.05, 3.63) is 0 Å². The summed E-state index contributed by atoms with van der Waals surface area (Å²) in [5.74, 6) is 4.17. The summed E-state index contributed by atoms with van der Waals surface area (Å²) in [5, 5.41) is 0. The molecule has 1 heteroatoms. The Morgan fingerprint density at radius 1 is 1.20 bits per heavy atom. The first-order valence-electron chi connectivity index (χ1n) is 6.55. The van der Waals surface area contributed by atoms with Gasteiger partial charge in [-0.3, -0.25) is 4.79 Å². The van der Waals surface area contributed by atoms with E-state index in [9.17, 15) is 4.79 Å². The smallest absolute Gasteiger partial charge is 0.136 e. The van der Waals surface area contributed by atoms with Crippen LogP contribution < -0.4 is 0 Å². The summed E-state index contributed by atoms with van der Waals surface area (Å²) in [6, 6.07) is 0. The third kappa shape index (κ3) is 1.13. The molecule has 3 rings (SSSR count). The second-order valence-electron chi connectivity index (χ2n) is 6.77. The van der Waals surface area contributed by atoms with Gasteiger partial charge in [0.1, 0.15) is 5.78 Å². The largest absolute Gasteiger partial charge is 0.299 e. The van der Waals surface area contributed by atoms with E-state index in [0.717, 1.165) is 24.2 Å². The molecule has 0 amide bonds. The molecule has 0 saturated heterocycles. The molecule has 0 aromatic heterocycles. The predicted molar refractivity (Wildman–Crippen MR) is 60.4 cm³/mol. The van der Waals surface area contributed by atoms with Gasteiger partial charge in [-0.1, -0.05) is 20.8 Å². The highest BCUT2D eigenvalue weighted by atomic mass is 16.1. The lowest BCUT2D eigenvalue weighted by molar-refractivity contribution is -0.123. The molecule has 3 saturated carbocycles. The van der Waals surface area contributed by atoms with Crippen LogP contribution in [-0.4, -0.2) is 5.78 Å². The maximum absolute atomic E-state index is 12.0. The van der Waals surface area contributed by atoms with E-state index in [1.807, 2.05) is 0 Å². The minimum absolute atomic E-state index is 0.429. The Morgan fingerprint density at radius 3 is 2.67 bits per heavy atom. The van der Waals surface area contributed by atoms with Crippen LogP contribution >= 0.6 is 0 Å². The first-order valence-corrected chi connectivity index (χ1v) is 6.55. The van der Waals surface area contributed by atoms with Crippen LogP contribution in [0.3, 0.4) is 0 Å². The van der Waals surface area contributed by atoms with Crippen molar-refractivity contribution in [1.82, 2.24) is 0 Å². The van der Waals surface area contributed by atoms with Crippen molar-refractivity contribution in [3.8, 4) is 0 Å². The molecule has 1 nitrogen and oxygen atoms in total. The molecule has 3 fully saturated rings. The summed E-state index contributed by atoms with van der Waals surface area (Å²) in [7, 11) is 0. The quantitative estimate of drug-likeness (QED) is 0.594. The fourth-order valence-electron chi connectivity index (χ4n) is 5.07. The SMILES string of the molecule is C[C@H]1[C@H]2CCC(=O)[C@H]2[C@H]2[C@@H]1CCC2(C)C. The Kier molecular flexibility index (Phi) is 1.88. The van der Waals surface area contributed by atoms with Crippen molar-refractivity contribution in [2.24, 2.45) is 35.0 Å². The third-order valence-corrected chi connectivity index (χ3v) is 5.78. The molecule has 0 heterocycles. The van der Waals surface area contributed by atoms with Crippen LogP contribution in [0.4, 0.5) is 0 Å². The van der Waals surface area contributed by atoms with Crippen LogP contribution in [0.2, 0.25) is 0 Å². The molecule has 0 radical (unpaired) electrons. The van der Waals surface area contributed by atoms with Gasteiger partial charge in [-0.2, -0.15) is 0 Å². The van der Waals surface area contributed by atoms with Gasteiger partial charge in [0.05, 0.1) is 0 Å². The molecule has 0 N–H and O–H groups in total. The number of Topliss-reactive ketones (excluding diaryl/α,β-unsaturated/α-hetero) is 1. The summed E-state index contributed by atoms with van der Waals surface area (Å²) < 4.78 is 0. The van der Waals surface area contributed by atoms with Crippen LogP contribution in [0.25, 0.3) is 0 Å². The fraction of sp³-hybridized carbons (Fsp3) is 0.929. The molecule has 0 spiro atoms. The molecule has 5 atom stereocenters. The Hall–Kier alpha value is -0.330. The number of hydrogen-bond acceptors (Lipinski definition) is 1. The predicted octanol–water partition coefficient (Wildman–Crippen LogP) is 3.28. The van der Waals surface area contributed by atoms with Crippen molar-refractivity contribution in [3.63, 3.8) is 0 Å². The lowest BCUT2D eigenvalue weighted by Crippen LogP contribution is -2.29. The molecule has 3 aliphatic carbocycles. The summed E-state index contributed by atoms with van der Waals surface area (Å²) in [6.45, 7) is 7.18. The van der Waals surface area contributed by atoms with Crippen molar-refractivity contribution in [2.75, 3.05) is 0 Å². The average Bonchev–Trinajstić information content (AvgIpc) is 2.73. The molecule has 0 aliphatic heterocycles. The zero-order valence-electron chi connectivity index (χ0n) is 10.1. The Morgan fingerprint density at radius 2 is 1.93 bits per heavy atom. The highest BCUT2D eigenvalue weighted by Crippen LogP contribution is 2.64. The fourth-order valence-corrected chi connectivity index (χ4v) is 5.07. The Balaban J connectivity index is 2.00. The first kappa shape index (κ1) is 9.86.